The van der Waals surface area contributed by atoms with Crippen molar-refractivity contribution in [2.45, 2.75) is 38.2 Å². The summed E-state index contributed by atoms with van der Waals surface area (Å²) < 4.78 is 5.36. The Morgan fingerprint density at radius 3 is 2.20 bits per heavy atom. The van der Waals surface area contributed by atoms with Gasteiger partial charge in [-0.25, -0.2) is 0 Å². The predicted octanol–water partition coefficient (Wildman–Crippen LogP) is 2.21. The van der Waals surface area contributed by atoms with Crippen molar-refractivity contribution in [2.75, 3.05) is 7.11 Å². The minimum atomic E-state index is 0.630. The molecule has 10 heavy (non-hydrogen) atoms. The first-order valence-electron chi connectivity index (χ1n) is 4.44. The lowest BCUT2D eigenvalue weighted by molar-refractivity contribution is -0.0594. The molecule has 0 aromatic heterocycles. The van der Waals surface area contributed by atoms with Crippen LogP contribution in [0.1, 0.15) is 32.1 Å². The summed E-state index contributed by atoms with van der Waals surface area (Å²) in [4.78, 5) is 0. The molecule has 0 bridgehead atoms. The second-order valence-corrected chi connectivity index (χ2v) is 3.71. The molecule has 0 heterocycles. The highest BCUT2D eigenvalue weighted by Crippen LogP contribution is 2.44. The first-order chi connectivity index (χ1) is 4.92. The maximum absolute atomic E-state index is 5.36. The van der Waals surface area contributed by atoms with Gasteiger partial charge in [0, 0.05) is 7.11 Å². The molecule has 1 nitrogen and oxygen atoms in total. The lowest BCUT2D eigenvalue weighted by Gasteiger charge is -2.44. The van der Waals surface area contributed by atoms with E-state index < -0.39 is 0 Å². The van der Waals surface area contributed by atoms with Crippen molar-refractivity contribution in [3.05, 3.63) is 0 Å². The summed E-state index contributed by atoms with van der Waals surface area (Å²) in [6.07, 6.45) is 7.80. The summed E-state index contributed by atoms with van der Waals surface area (Å²) in [5.74, 6) is 1.98. The topological polar surface area (TPSA) is 9.23 Å². The summed E-state index contributed by atoms with van der Waals surface area (Å²) in [5, 5.41) is 0. The van der Waals surface area contributed by atoms with E-state index in [9.17, 15) is 0 Å². The molecule has 2 rings (SSSR count). The molecule has 2 atom stereocenters. The first-order valence-corrected chi connectivity index (χ1v) is 4.44. The SMILES string of the molecule is COC1CC[C@H]1C1CCC1. The van der Waals surface area contributed by atoms with Crippen LogP contribution in [0.25, 0.3) is 0 Å². The van der Waals surface area contributed by atoms with E-state index in [-0.39, 0.29) is 0 Å². The molecule has 0 radical (unpaired) electrons. The second kappa shape index (κ2) is 2.54. The second-order valence-electron chi connectivity index (χ2n) is 3.71. The Balaban J connectivity index is 1.81. The van der Waals surface area contributed by atoms with E-state index in [1.54, 1.807) is 0 Å². The molecule has 0 aliphatic heterocycles. The summed E-state index contributed by atoms with van der Waals surface area (Å²) in [6, 6.07) is 0. The fourth-order valence-electron chi connectivity index (χ4n) is 2.20. The van der Waals surface area contributed by atoms with E-state index in [4.69, 9.17) is 4.74 Å². The van der Waals surface area contributed by atoms with Crippen LogP contribution in [0.5, 0.6) is 0 Å². The Kier molecular flexibility index (Phi) is 1.69. The third-order valence-corrected chi connectivity index (χ3v) is 3.32. The van der Waals surface area contributed by atoms with E-state index in [0.717, 1.165) is 11.8 Å². The standard InChI is InChI=1S/C9H16O/c1-10-9-6-5-8(9)7-3-2-4-7/h7-9H,2-6H2,1H3/t8-,9?/m0/s1. The van der Waals surface area contributed by atoms with Crippen LogP contribution in [0.15, 0.2) is 0 Å². The van der Waals surface area contributed by atoms with Crippen LogP contribution >= 0.6 is 0 Å². The molecule has 58 valence electrons. The molecule has 0 saturated heterocycles. The predicted molar refractivity (Wildman–Crippen MR) is 40.9 cm³/mol. The molecule has 0 aromatic rings. The monoisotopic (exact) mass is 140 g/mol. The zero-order chi connectivity index (χ0) is 6.97. The van der Waals surface area contributed by atoms with E-state index >= 15 is 0 Å². The molecule has 2 saturated carbocycles. The van der Waals surface area contributed by atoms with Crippen LogP contribution in [-0.2, 0) is 4.74 Å². The molecule has 2 aliphatic rings. The van der Waals surface area contributed by atoms with Crippen LogP contribution < -0.4 is 0 Å². The van der Waals surface area contributed by atoms with Gasteiger partial charge in [-0.15, -0.1) is 0 Å². The zero-order valence-corrected chi connectivity index (χ0v) is 6.68. The maximum atomic E-state index is 5.36. The van der Waals surface area contributed by atoms with Crippen LogP contribution in [0.2, 0.25) is 0 Å². The maximum Gasteiger partial charge on any atom is 0.0602 e. The Bertz CT molecular complexity index is 108. The van der Waals surface area contributed by atoms with Crippen molar-refractivity contribution >= 4 is 0 Å². The number of ether oxygens (including phenoxy) is 1. The molecule has 1 heteroatoms. The Hall–Kier alpha value is -0.0400. The van der Waals surface area contributed by atoms with Crippen molar-refractivity contribution in [3.8, 4) is 0 Å². The largest absolute Gasteiger partial charge is 0.381 e. The van der Waals surface area contributed by atoms with Gasteiger partial charge >= 0.3 is 0 Å². The number of hydrogen-bond acceptors (Lipinski definition) is 1. The third-order valence-electron chi connectivity index (χ3n) is 3.32. The first kappa shape index (κ1) is 6.66. The molecule has 0 N–H and O–H groups in total. The minimum absolute atomic E-state index is 0.630. The van der Waals surface area contributed by atoms with E-state index in [0.29, 0.717) is 6.10 Å². The quantitative estimate of drug-likeness (QED) is 0.571. The van der Waals surface area contributed by atoms with Gasteiger partial charge in [-0.3, -0.25) is 0 Å². The van der Waals surface area contributed by atoms with Crippen molar-refractivity contribution < 1.29 is 4.74 Å². The van der Waals surface area contributed by atoms with Gasteiger partial charge in [0.25, 0.3) is 0 Å². The molecule has 0 aromatic carbocycles. The molecule has 2 aliphatic carbocycles. The lowest BCUT2D eigenvalue weighted by atomic mass is 9.65. The Labute approximate surface area is 62.8 Å². The average molecular weight is 140 g/mol. The van der Waals surface area contributed by atoms with E-state index in [1.807, 2.05) is 7.11 Å². The summed E-state index contributed by atoms with van der Waals surface area (Å²) in [7, 11) is 1.86. The van der Waals surface area contributed by atoms with Crippen LogP contribution in [0.3, 0.4) is 0 Å². The minimum Gasteiger partial charge on any atom is -0.381 e. The van der Waals surface area contributed by atoms with Crippen molar-refractivity contribution in [3.63, 3.8) is 0 Å². The van der Waals surface area contributed by atoms with Crippen molar-refractivity contribution in [1.29, 1.82) is 0 Å². The molecule has 0 spiro atoms. The van der Waals surface area contributed by atoms with Gasteiger partial charge in [0.15, 0.2) is 0 Å². The van der Waals surface area contributed by atoms with Gasteiger partial charge in [-0.2, -0.15) is 0 Å². The van der Waals surface area contributed by atoms with Gasteiger partial charge in [-0.1, -0.05) is 19.3 Å². The fourth-order valence-corrected chi connectivity index (χ4v) is 2.20. The average Bonchev–Trinajstić information content (AvgIpc) is 1.77. The molecular formula is C9H16O. The number of rotatable bonds is 2. The third kappa shape index (κ3) is 0.878. The van der Waals surface area contributed by atoms with E-state index in [1.165, 1.54) is 32.1 Å². The summed E-state index contributed by atoms with van der Waals surface area (Å²) in [6.45, 7) is 0. The Morgan fingerprint density at radius 1 is 1.10 bits per heavy atom. The van der Waals surface area contributed by atoms with Crippen molar-refractivity contribution in [2.24, 2.45) is 11.8 Å². The summed E-state index contributed by atoms with van der Waals surface area (Å²) >= 11 is 0. The summed E-state index contributed by atoms with van der Waals surface area (Å²) in [5.41, 5.74) is 0. The van der Waals surface area contributed by atoms with Gasteiger partial charge < -0.3 is 4.74 Å². The van der Waals surface area contributed by atoms with Gasteiger partial charge in [-0.05, 0) is 24.7 Å². The Morgan fingerprint density at radius 2 is 1.90 bits per heavy atom. The molecule has 0 amide bonds. The van der Waals surface area contributed by atoms with Gasteiger partial charge in [0.2, 0.25) is 0 Å². The van der Waals surface area contributed by atoms with Crippen LogP contribution in [0, 0.1) is 11.8 Å². The van der Waals surface area contributed by atoms with Gasteiger partial charge in [0.1, 0.15) is 0 Å². The number of methoxy groups -OCH3 is 1. The fraction of sp³-hybridized carbons (Fsp3) is 1.00. The molecule has 2 fully saturated rings. The van der Waals surface area contributed by atoms with Crippen LogP contribution in [-0.4, -0.2) is 13.2 Å². The lowest BCUT2D eigenvalue weighted by Crippen LogP contribution is -2.40. The normalized spacial score (nSPS) is 40.5. The highest BCUT2D eigenvalue weighted by atomic mass is 16.5. The molecular weight excluding hydrogens is 124 g/mol. The smallest absolute Gasteiger partial charge is 0.0602 e. The van der Waals surface area contributed by atoms with Gasteiger partial charge in [0.05, 0.1) is 6.10 Å². The molecule has 1 unspecified atom stereocenters. The van der Waals surface area contributed by atoms with E-state index in [2.05, 4.69) is 0 Å². The number of hydrogen-bond donors (Lipinski definition) is 0. The zero-order valence-electron chi connectivity index (χ0n) is 6.68. The highest BCUT2D eigenvalue weighted by Gasteiger charge is 2.39. The van der Waals surface area contributed by atoms with Crippen molar-refractivity contribution in [1.82, 2.24) is 0 Å². The van der Waals surface area contributed by atoms with Crippen LogP contribution in [0.4, 0.5) is 0 Å². The highest BCUT2D eigenvalue weighted by molar-refractivity contribution is 4.89.